The zero-order valence-electron chi connectivity index (χ0n) is 8.76. The van der Waals surface area contributed by atoms with E-state index in [9.17, 15) is 14.9 Å². The topological polar surface area (TPSA) is 69.4 Å². The number of thioether (sulfide) groups is 1. The molecule has 86 valence electrons. The maximum absolute atomic E-state index is 10.9. The number of hydrogen-bond donors (Lipinski definition) is 0. The first-order chi connectivity index (χ1) is 7.58. The Labute approximate surface area is 96.7 Å². The molecular formula is C10H11NO4S. The van der Waals surface area contributed by atoms with Crippen molar-refractivity contribution in [3.05, 3.63) is 32.4 Å². The monoisotopic (exact) mass is 241 g/mol. The lowest BCUT2D eigenvalue weighted by Crippen LogP contribution is -2.12. The molecule has 0 saturated carbocycles. The summed E-state index contributed by atoms with van der Waals surface area (Å²) in [6.45, 7) is 1.34. The minimum absolute atomic E-state index is 0.283. The predicted octanol–water partition coefficient (Wildman–Crippen LogP) is 2.22. The number of carbonyl (C=O) groups excluding carboxylic acids is 1. The van der Waals surface area contributed by atoms with Crippen molar-refractivity contribution in [2.45, 2.75) is 31.6 Å². The van der Waals surface area contributed by atoms with E-state index in [1.165, 1.54) is 18.7 Å². The van der Waals surface area contributed by atoms with Crippen LogP contribution in [0.25, 0.3) is 0 Å². The standard InChI is InChI=1S/C10H11NO4S/c1-6(12)15-8-3-2-4-9-7(8)5-10(16-9)11(13)14/h3,10H,2,4-5H2,1H3. The molecule has 2 rings (SSSR count). The molecule has 0 N–H and O–H groups in total. The van der Waals surface area contributed by atoms with Gasteiger partial charge in [0.2, 0.25) is 0 Å². The molecule has 0 radical (unpaired) electrons. The van der Waals surface area contributed by atoms with Gasteiger partial charge in [-0.2, -0.15) is 0 Å². The summed E-state index contributed by atoms with van der Waals surface area (Å²) in [5.74, 6) is 0.139. The van der Waals surface area contributed by atoms with Crippen molar-refractivity contribution in [2.75, 3.05) is 0 Å². The highest BCUT2D eigenvalue weighted by Crippen LogP contribution is 2.45. The van der Waals surface area contributed by atoms with Gasteiger partial charge < -0.3 is 4.74 Å². The quantitative estimate of drug-likeness (QED) is 0.421. The van der Waals surface area contributed by atoms with Crippen LogP contribution in [0.4, 0.5) is 0 Å². The zero-order valence-corrected chi connectivity index (χ0v) is 9.58. The summed E-state index contributed by atoms with van der Waals surface area (Å²) in [5, 5.41) is 10.1. The van der Waals surface area contributed by atoms with E-state index in [-0.39, 0.29) is 10.9 Å². The lowest BCUT2D eigenvalue weighted by Gasteiger charge is -2.13. The van der Waals surface area contributed by atoms with Crippen LogP contribution >= 0.6 is 11.8 Å². The van der Waals surface area contributed by atoms with E-state index in [0.29, 0.717) is 12.2 Å². The molecule has 2 aliphatic rings. The summed E-state index contributed by atoms with van der Waals surface area (Å²) in [4.78, 5) is 22.3. The van der Waals surface area contributed by atoms with Crippen LogP contribution in [0.3, 0.4) is 0 Å². The Bertz CT molecular complexity index is 413. The Morgan fingerprint density at radius 1 is 1.69 bits per heavy atom. The van der Waals surface area contributed by atoms with E-state index in [0.717, 1.165) is 23.3 Å². The Morgan fingerprint density at radius 2 is 2.44 bits per heavy atom. The molecular weight excluding hydrogens is 230 g/mol. The predicted molar refractivity (Wildman–Crippen MR) is 59.1 cm³/mol. The average Bonchev–Trinajstić information content (AvgIpc) is 2.61. The summed E-state index contributed by atoms with van der Waals surface area (Å²) in [7, 11) is 0. The van der Waals surface area contributed by atoms with Crippen molar-refractivity contribution in [1.82, 2.24) is 0 Å². The van der Waals surface area contributed by atoms with Gasteiger partial charge in [-0.05, 0) is 23.8 Å². The number of rotatable bonds is 2. The van der Waals surface area contributed by atoms with Gasteiger partial charge in [0.1, 0.15) is 5.76 Å². The molecule has 6 heteroatoms. The number of hydrogen-bond acceptors (Lipinski definition) is 5. The van der Waals surface area contributed by atoms with Gasteiger partial charge in [0.15, 0.2) is 0 Å². The molecule has 0 aromatic carbocycles. The fraction of sp³-hybridized carbons (Fsp3) is 0.500. The summed E-state index contributed by atoms with van der Waals surface area (Å²) >= 11 is 1.28. The van der Waals surface area contributed by atoms with Crippen molar-refractivity contribution in [1.29, 1.82) is 0 Å². The fourth-order valence-electron chi connectivity index (χ4n) is 1.85. The van der Waals surface area contributed by atoms with Crippen LogP contribution in [0.2, 0.25) is 0 Å². The second-order valence-electron chi connectivity index (χ2n) is 3.66. The lowest BCUT2D eigenvalue weighted by molar-refractivity contribution is -0.493. The van der Waals surface area contributed by atoms with Gasteiger partial charge in [-0.3, -0.25) is 14.9 Å². The molecule has 0 saturated heterocycles. The summed E-state index contributed by atoms with van der Waals surface area (Å²) < 4.78 is 5.06. The molecule has 1 aliphatic heterocycles. The molecule has 1 unspecified atom stereocenters. The van der Waals surface area contributed by atoms with Gasteiger partial charge in [0.25, 0.3) is 5.37 Å². The van der Waals surface area contributed by atoms with Crippen LogP contribution in [0.15, 0.2) is 22.3 Å². The first-order valence-corrected chi connectivity index (χ1v) is 5.87. The van der Waals surface area contributed by atoms with Gasteiger partial charge in [-0.1, -0.05) is 11.8 Å². The number of allylic oxidation sites excluding steroid dienone is 3. The van der Waals surface area contributed by atoms with Gasteiger partial charge in [-0.25, -0.2) is 0 Å². The van der Waals surface area contributed by atoms with Crippen molar-refractivity contribution in [2.24, 2.45) is 0 Å². The molecule has 16 heavy (non-hydrogen) atoms. The van der Waals surface area contributed by atoms with Crippen LogP contribution in [0, 0.1) is 10.1 Å². The van der Waals surface area contributed by atoms with E-state index >= 15 is 0 Å². The van der Waals surface area contributed by atoms with Crippen molar-refractivity contribution >= 4 is 17.7 Å². The third kappa shape index (κ3) is 2.11. The highest BCUT2D eigenvalue weighted by Gasteiger charge is 2.36. The Morgan fingerprint density at radius 3 is 3.06 bits per heavy atom. The van der Waals surface area contributed by atoms with Crippen LogP contribution < -0.4 is 0 Å². The van der Waals surface area contributed by atoms with Crippen LogP contribution in [-0.4, -0.2) is 16.3 Å². The molecule has 1 atom stereocenters. The third-order valence-electron chi connectivity index (χ3n) is 2.48. The Kier molecular flexibility index (Phi) is 3.00. The summed E-state index contributed by atoms with van der Waals surface area (Å²) in [6.07, 6.45) is 3.78. The van der Waals surface area contributed by atoms with Crippen LogP contribution in [-0.2, 0) is 9.53 Å². The minimum Gasteiger partial charge on any atom is -0.427 e. The van der Waals surface area contributed by atoms with Crippen molar-refractivity contribution in [3.63, 3.8) is 0 Å². The largest absolute Gasteiger partial charge is 0.427 e. The Hall–Kier alpha value is -1.30. The maximum Gasteiger partial charge on any atom is 0.308 e. The molecule has 5 nitrogen and oxygen atoms in total. The van der Waals surface area contributed by atoms with Gasteiger partial charge in [-0.15, -0.1) is 0 Å². The summed E-state index contributed by atoms with van der Waals surface area (Å²) in [6, 6.07) is 0. The van der Waals surface area contributed by atoms with E-state index in [2.05, 4.69) is 0 Å². The smallest absolute Gasteiger partial charge is 0.308 e. The molecule has 0 amide bonds. The highest BCUT2D eigenvalue weighted by atomic mass is 32.2. The van der Waals surface area contributed by atoms with Gasteiger partial charge in [0, 0.05) is 17.4 Å². The molecule has 0 aromatic rings. The minimum atomic E-state index is -0.623. The number of ether oxygens (including phenoxy) is 1. The first-order valence-electron chi connectivity index (χ1n) is 4.99. The van der Waals surface area contributed by atoms with Crippen molar-refractivity contribution in [3.8, 4) is 0 Å². The SMILES string of the molecule is CC(=O)OC1=CCCC2=C1CC([N+](=O)[O-])S2. The number of nitro groups is 1. The van der Waals surface area contributed by atoms with Crippen LogP contribution in [0.5, 0.6) is 0 Å². The number of esters is 1. The maximum atomic E-state index is 10.9. The van der Waals surface area contributed by atoms with Crippen LogP contribution in [0.1, 0.15) is 26.2 Å². The number of nitrogens with zero attached hydrogens (tertiary/aromatic N) is 1. The number of carbonyl (C=O) groups is 1. The Balaban J connectivity index is 2.16. The van der Waals surface area contributed by atoms with E-state index < -0.39 is 5.37 Å². The zero-order chi connectivity index (χ0) is 11.7. The van der Waals surface area contributed by atoms with Gasteiger partial charge in [0.05, 0.1) is 6.42 Å². The molecule has 1 aliphatic carbocycles. The molecule has 0 bridgehead atoms. The highest BCUT2D eigenvalue weighted by molar-refractivity contribution is 8.03. The van der Waals surface area contributed by atoms with Gasteiger partial charge >= 0.3 is 5.97 Å². The second kappa shape index (κ2) is 4.29. The second-order valence-corrected chi connectivity index (χ2v) is 4.94. The molecule has 0 fully saturated rings. The molecule has 1 heterocycles. The third-order valence-corrected chi connectivity index (χ3v) is 3.83. The lowest BCUT2D eigenvalue weighted by atomic mass is 10.0. The van der Waals surface area contributed by atoms with E-state index in [4.69, 9.17) is 4.74 Å². The normalized spacial score (nSPS) is 23.8. The fourth-order valence-corrected chi connectivity index (χ4v) is 3.07. The first kappa shape index (κ1) is 11.2. The van der Waals surface area contributed by atoms with E-state index in [1.54, 1.807) is 0 Å². The average molecular weight is 241 g/mol. The summed E-state index contributed by atoms with van der Waals surface area (Å²) in [5.41, 5.74) is 0.841. The molecule has 0 aromatic heterocycles. The van der Waals surface area contributed by atoms with Crippen molar-refractivity contribution < 1.29 is 14.5 Å². The molecule has 0 spiro atoms. The van der Waals surface area contributed by atoms with E-state index in [1.807, 2.05) is 6.08 Å².